The van der Waals surface area contributed by atoms with Gasteiger partial charge in [0.05, 0.1) is 12.2 Å². The van der Waals surface area contributed by atoms with Gasteiger partial charge in [-0.05, 0) is 111 Å². The van der Waals surface area contributed by atoms with Crippen LogP contribution < -0.4 is 5.32 Å². The summed E-state index contributed by atoms with van der Waals surface area (Å²) in [6.07, 6.45) is 12.4. The highest BCUT2D eigenvalue weighted by molar-refractivity contribution is 5.75. The summed E-state index contributed by atoms with van der Waals surface area (Å²) in [6.45, 7) is 7.87. The topological polar surface area (TPSA) is 69.6 Å². The van der Waals surface area contributed by atoms with Crippen molar-refractivity contribution in [1.82, 2.24) is 5.32 Å². The minimum Gasteiger partial charge on any atom is -0.393 e. The molecule has 4 aliphatic carbocycles. The molecule has 3 unspecified atom stereocenters. The lowest BCUT2D eigenvalue weighted by atomic mass is 9.44. The van der Waals surface area contributed by atoms with Crippen molar-refractivity contribution in [2.75, 3.05) is 6.54 Å². The molecule has 172 valence electrons. The SMILES string of the molecule is CCCNC(=O)CCC[C@H]1CCC2[C@H]3C(CC[C@@]21C)[C@@]1(C)CC[C@@H](O)CC1C[C@H]3O. The van der Waals surface area contributed by atoms with Gasteiger partial charge in [0.2, 0.25) is 5.91 Å². The van der Waals surface area contributed by atoms with Crippen molar-refractivity contribution in [2.24, 2.45) is 40.4 Å². The maximum absolute atomic E-state index is 12.0. The van der Waals surface area contributed by atoms with Crippen molar-refractivity contribution < 1.29 is 15.0 Å². The van der Waals surface area contributed by atoms with Gasteiger partial charge >= 0.3 is 0 Å². The zero-order valence-corrected chi connectivity index (χ0v) is 19.5. The number of aliphatic hydroxyl groups excluding tert-OH is 2. The van der Waals surface area contributed by atoms with E-state index in [2.05, 4.69) is 26.1 Å². The number of carbonyl (C=O) groups excluding carboxylic acids is 1. The van der Waals surface area contributed by atoms with Crippen LogP contribution >= 0.6 is 0 Å². The van der Waals surface area contributed by atoms with Crippen molar-refractivity contribution in [2.45, 2.75) is 110 Å². The Morgan fingerprint density at radius 1 is 1.00 bits per heavy atom. The van der Waals surface area contributed by atoms with E-state index in [-0.39, 0.29) is 18.1 Å². The molecule has 0 aliphatic heterocycles. The quantitative estimate of drug-likeness (QED) is 0.586. The third-order valence-corrected chi connectivity index (χ3v) is 10.4. The molecule has 0 bridgehead atoms. The summed E-state index contributed by atoms with van der Waals surface area (Å²) in [4.78, 5) is 12.0. The molecule has 9 atom stereocenters. The van der Waals surface area contributed by atoms with E-state index in [0.29, 0.717) is 46.8 Å². The molecule has 4 saturated carbocycles. The monoisotopic (exact) mass is 419 g/mol. The molecule has 3 N–H and O–H groups in total. The van der Waals surface area contributed by atoms with E-state index in [9.17, 15) is 15.0 Å². The molecular formula is C26H45NO3. The van der Waals surface area contributed by atoms with E-state index in [1.165, 1.54) is 25.7 Å². The largest absolute Gasteiger partial charge is 0.393 e. The zero-order chi connectivity index (χ0) is 21.5. The second-order valence-corrected chi connectivity index (χ2v) is 11.8. The second-order valence-electron chi connectivity index (χ2n) is 11.8. The average Bonchev–Trinajstić information content (AvgIpc) is 3.04. The lowest BCUT2D eigenvalue weighted by molar-refractivity contribution is -0.172. The van der Waals surface area contributed by atoms with Gasteiger partial charge in [-0.1, -0.05) is 20.8 Å². The van der Waals surface area contributed by atoms with Gasteiger partial charge in [-0.3, -0.25) is 4.79 Å². The molecule has 1 amide bonds. The Bertz CT molecular complexity index is 623. The molecule has 30 heavy (non-hydrogen) atoms. The minimum atomic E-state index is -0.193. The number of hydrogen-bond donors (Lipinski definition) is 3. The molecule has 0 radical (unpaired) electrons. The molecule has 0 aromatic carbocycles. The van der Waals surface area contributed by atoms with E-state index in [0.717, 1.165) is 51.5 Å². The van der Waals surface area contributed by atoms with Crippen molar-refractivity contribution >= 4 is 5.91 Å². The Hall–Kier alpha value is -0.610. The summed E-state index contributed by atoms with van der Waals surface area (Å²) in [5, 5.41) is 24.5. The van der Waals surface area contributed by atoms with Gasteiger partial charge in [0.25, 0.3) is 0 Å². The standard InChI is InChI=1S/C26H45NO3/c1-4-14-27-23(30)7-5-6-17-8-9-20-24-21(11-13-25(17,20)2)26(3)12-10-19(28)15-18(26)16-22(24)29/h17-22,24,28-29H,4-16H2,1-3H3,(H,27,30)/t17-,18?,19+,20?,21?,22+,24-,25+,26-/m0/s1. The fraction of sp³-hybridized carbons (Fsp3) is 0.962. The average molecular weight is 420 g/mol. The van der Waals surface area contributed by atoms with Gasteiger partial charge < -0.3 is 15.5 Å². The van der Waals surface area contributed by atoms with E-state index in [1.54, 1.807) is 0 Å². The molecular weight excluding hydrogens is 374 g/mol. The van der Waals surface area contributed by atoms with Crippen LogP contribution in [0.25, 0.3) is 0 Å². The van der Waals surface area contributed by atoms with Crippen molar-refractivity contribution in [3.8, 4) is 0 Å². The molecule has 4 fully saturated rings. The maximum atomic E-state index is 12.0. The van der Waals surface area contributed by atoms with Crippen molar-refractivity contribution in [1.29, 1.82) is 0 Å². The fourth-order valence-corrected chi connectivity index (χ4v) is 8.65. The normalized spacial score (nSPS) is 47.8. The van der Waals surface area contributed by atoms with E-state index in [1.807, 2.05) is 0 Å². The molecule has 0 spiro atoms. The summed E-state index contributed by atoms with van der Waals surface area (Å²) >= 11 is 0. The van der Waals surface area contributed by atoms with Gasteiger partial charge in [-0.2, -0.15) is 0 Å². The molecule has 0 saturated heterocycles. The van der Waals surface area contributed by atoms with Crippen LogP contribution in [-0.2, 0) is 4.79 Å². The summed E-state index contributed by atoms with van der Waals surface area (Å²) in [5.74, 6) is 3.10. The van der Waals surface area contributed by atoms with Crippen LogP contribution in [0.15, 0.2) is 0 Å². The van der Waals surface area contributed by atoms with E-state index in [4.69, 9.17) is 0 Å². The number of carbonyl (C=O) groups is 1. The molecule has 0 heterocycles. The van der Waals surface area contributed by atoms with Crippen LogP contribution in [0.3, 0.4) is 0 Å². The lowest BCUT2D eigenvalue weighted by Gasteiger charge is -2.62. The predicted molar refractivity (Wildman–Crippen MR) is 120 cm³/mol. The van der Waals surface area contributed by atoms with E-state index < -0.39 is 0 Å². The number of hydrogen-bond acceptors (Lipinski definition) is 3. The third kappa shape index (κ3) is 3.85. The predicted octanol–water partition coefficient (Wildman–Crippen LogP) is 4.67. The Morgan fingerprint density at radius 2 is 1.73 bits per heavy atom. The zero-order valence-electron chi connectivity index (χ0n) is 19.5. The van der Waals surface area contributed by atoms with Crippen molar-refractivity contribution in [3.05, 3.63) is 0 Å². The highest BCUT2D eigenvalue weighted by atomic mass is 16.3. The van der Waals surface area contributed by atoms with Crippen LogP contribution in [0, 0.1) is 40.4 Å². The molecule has 4 aliphatic rings. The Morgan fingerprint density at radius 3 is 2.50 bits per heavy atom. The van der Waals surface area contributed by atoms with Gasteiger partial charge in [0, 0.05) is 13.0 Å². The number of fused-ring (bicyclic) bond motifs is 5. The molecule has 4 heteroatoms. The highest BCUT2D eigenvalue weighted by Crippen LogP contribution is 2.67. The number of nitrogens with one attached hydrogen (secondary N) is 1. The molecule has 0 aromatic rings. The summed E-state index contributed by atoms with van der Waals surface area (Å²) in [6, 6.07) is 0. The maximum Gasteiger partial charge on any atom is 0.219 e. The number of aliphatic hydroxyl groups is 2. The first kappa shape index (κ1) is 22.6. The van der Waals surface area contributed by atoms with Crippen LogP contribution in [0.4, 0.5) is 0 Å². The highest BCUT2D eigenvalue weighted by Gasteiger charge is 2.62. The van der Waals surface area contributed by atoms with Gasteiger partial charge in [0.1, 0.15) is 0 Å². The summed E-state index contributed by atoms with van der Waals surface area (Å²) < 4.78 is 0. The van der Waals surface area contributed by atoms with Crippen LogP contribution in [0.2, 0.25) is 0 Å². The Kier molecular flexibility index (Phi) is 6.57. The molecule has 4 rings (SSSR count). The number of rotatable bonds is 6. The first-order chi connectivity index (χ1) is 14.3. The number of amides is 1. The van der Waals surface area contributed by atoms with Crippen LogP contribution in [-0.4, -0.2) is 34.9 Å². The van der Waals surface area contributed by atoms with Crippen molar-refractivity contribution in [3.63, 3.8) is 0 Å². The summed E-state index contributed by atoms with van der Waals surface area (Å²) in [7, 11) is 0. The Labute approximate surface area is 183 Å². The van der Waals surface area contributed by atoms with Crippen LogP contribution in [0.5, 0.6) is 0 Å². The van der Waals surface area contributed by atoms with Crippen LogP contribution in [0.1, 0.15) is 97.8 Å². The first-order valence-electron chi connectivity index (χ1n) is 12.9. The van der Waals surface area contributed by atoms with Gasteiger partial charge in [-0.15, -0.1) is 0 Å². The molecule has 4 nitrogen and oxygen atoms in total. The molecule has 0 aromatic heterocycles. The first-order valence-corrected chi connectivity index (χ1v) is 12.9. The third-order valence-electron chi connectivity index (χ3n) is 10.4. The second kappa shape index (κ2) is 8.73. The fourth-order valence-electron chi connectivity index (χ4n) is 8.65. The smallest absolute Gasteiger partial charge is 0.219 e. The van der Waals surface area contributed by atoms with E-state index >= 15 is 0 Å². The summed E-state index contributed by atoms with van der Waals surface area (Å²) in [5.41, 5.74) is 0.638. The van der Waals surface area contributed by atoms with Gasteiger partial charge in [-0.25, -0.2) is 0 Å². The van der Waals surface area contributed by atoms with Gasteiger partial charge in [0.15, 0.2) is 0 Å². The Balaban J connectivity index is 1.42. The lowest BCUT2D eigenvalue weighted by Crippen LogP contribution is -2.58. The minimum absolute atomic E-state index is 0.161.